The molecule has 0 aromatic heterocycles. The topological polar surface area (TPSA) is 61.4 Å². The maximum Gasteiger partial charge on any atom is 0.317 e. The summed E-state index contributed by atoms with van der Waals surface area (Å²) in [6.07, 6.45) is 8.32. The van der Waals surface area contributed by atoms with Gasteiger partial charge in [0.05, 0.1) is 6.54 Å². The summed E-state index contributed by atoms with van der Waals surface area (Å²) in [6.45, 7) is 2.72. The van der Waals surface area contributed by atoms with Crippen LogP contribution in [0.3, 0.4) is 0 Å². The Kier molecular flexibility index (Phi) is 7.17. The highest BCUT2D eigenvalue weighted by Crippen LogP contribution is 2.25. The van der Waals surface area contributed by atoms with Crippen LogP contribution < -0.4 is 10.6 Å². The Morgan fingerprint density at radius 3 is 2.44 bits per heavy atom. The van der Waals surface area contributed by atoms with E-state index < -0.39 is 5.97 Å². The highest BCUT2D eigenvalue weighted by atomic mass is 16.4. The van der Waals surface area contributed by atoms with E-state index in [-0.39, 0.29) is 6.54 Å². The van der Waals surface area contributed by atoms with E-state index >= 15 is 0 Å². The van der Waals surface area contributed by atoms with Gasteiger partial charge in [0.2, 0.25) is 0 Å². The van der Waals surface area contributed by atoms with Gasteiger partial charge in [-0.1, -0.05) is 32.1 Å². The lowest BCUT2D eigenvalue weighted by Gasteiger charge is -2.21. The molecule has 4 heteroatoms. The van der Waals surface area contributed by atoms with Gasteiger partial charge in [-0.05, 0) is 18.9 Å². The SMILES string of the molecule is O=C(O)CNCCNCCC1CCCCC1. The monoisotopic (exact) mass is 228 g/mol. The number of nitrogens with one attached hydrogen (secondary N) is 2. The summed E-state index contributed by atoms with van der Waals surface area (Å²) in [7, 11) is 0. The van der Waals surface area contributed by atoms with Crippen LogP contribution in [0.25, 0.3) is 0 Å². The van der Waals surface area contributed by atoms with Gasteiger partial charge in [0.25, 0.3) is 0 Å². The molecule has 0 unspecified atom stereocenters. The molecular formula is C12H24N2O2. The number of hydrogen-bond acceptors (Lipinski definition) is 3. The molecule has 0 heterocycles. The molecule has 0 spiro atoms. The predicted molar refractivity (Wildman–Crippen MR) is 64.6 cm³/mol. The first-order valence-electron chi connectivity index (χ1n) is 6.42. The molecule has 0 aliphatic heterocycles. The number of rotatable bonds is 8. The van der Waals surface area contributed by atoms with E-state index in [0.717, 1.165) is 25.6 Å². The van der Waals surface area contributed by atoms with Gasteiger partial charge in [-0.15, -0.1) is 0 Å². The van der Waals surface area contributed by atoms with Gasteiger partial charge in [-0.2, -0.15) is 0 Å². The molecule has 0 amide bonds. The van der Waals surface area contributed by atoms with E-state index in [9.17, 15) is 4.79 Å². The molecule has 16 heavy (non-hydrogen) atoms. The summed E-state index contributed by atoms with van der Waals surface area (Å²) < 4.78 is 0. The molecule has 0 saturated heterocycles. The summed E-state index contributed by atoms with van der Waals surface area (Å²) in [4.78, 5) is 10.2. The molecule has 1 aliphatic rings. The van der Waals surface area contributed by atoms with Gasteiger partial charge < -0.3 is 15.7 Å². The highest BCUT2D eigenvalue weighted by molar-refractivity contribution is 5.68. The summed E-state index contributed by atoms with van der Waals surface area (Å²) in [5.74, 6) is 0.135. The predicted octanol–water partition coefficient (Wildman–Crippen LogP) is 1.22. The molecule has 0 atom stereocenters. The summed E-state index contributed by atoms with van der Waals surface area (Å²) in [5.41, 5.74) is 0. The van der Waals surface area contributed by atoms with Crippen molar-refractivity contribution in [3.8, 4) is 0 Å². The number of carboxylic acid groups (broad SMARTS) is 1. The Hall–Kier alpha value is -0.610. The molecule has 1 fully saturated rings. The summed E-state index contributed by atoms with van der Waals surface area (Å²) in [5, 5.41) is 14.6. The van der Waals surface area contributed by atoms with Crippen LogP contribution in [-0.2, 0) is 4.79 Å². The minimum Gasteiger partial charge on any atom is -0.480 e. The minimum absolute atomic E-state index is 0.0598. The zero-order valence-electron chi connectivity index (χ0n) is 10.0. The maximum atomic E-state index is 10.2. The van der Waals surface area contributed by atoms with Crippen LogP contribution in [0.5, 0.6) is 0 Å². The third-order valence-electron chi connectivity index (χ3n) is 3.21. The number of aliphatic carboxylic acids is 1. The fourth-order valence-electron chi connectivity index (χ4n) is 2.28. The van der Waals surface area contributed by atoms with Crippen molar-refractivity contribution in [1.29, 1.82) is 0 Å². The largest absolute Gasteiger partial charge is 0.480 e. The highest BCUT2D eigenvalue weighted by Gasteiger charge is 2.12. The molecule has 0 aromatic rings. The molecular weight excluding hydrogens is 204 g/mol. The average molecular weight is 228 g/mol. The number of carboxylic acids is 1. The van der Waals surface area contributed by atoms with Crippen molar-refractivity contribution in [2.75, 3.05) is 26.2 Å². The van der Waals surface area contributed by atoms with Crippen molar-refractivity contribution >= 4 is 5.97 Å². The molecule has 0 aromatic carbocycles. The first-order valence-corrected chi connectivity index (χ1v) is 6.42. The molecule has 3 N–H and O–H groups in total. The van der Waals surface area contributed by atoms with Gasteiger partial charge in [-0.25, -0.2) is 0 Å². The Bertz CT molecular complexity index is 191. The van der Waals surface area contributed by atoms with Crippen molar-refractivity contribution in [3.63, 3.8) is 0 Å². The number of carbonyl (C=O) groups is 1. The second kappa shape index (κ2) is 8.53. The maximum absolute atomic E-state index is 10.2. The third-order valence-corrected chi connectivity index (χ3v) is 3.21. The lowest BCUT2D eigenvalue weighted by Crippen LogP contribution is -2.31. The zero-order valence-corrected chi connectivity index (χ0v) is 10.0. The van der Waals surface area contributed by atoms with Gasteiger partial charge in [0, 0.05) is 13.1 Å². The van der Waals surface area contributed by atoms with Crippen LogP contribution in [0.4, 0.5) is 0 Å². The fraction of sp³-hybridized carbons (Fsp3) is 0.917. The molecule has 1 rings (SSSR count). The van der Waals surface area contributed by atoms with Gasteiger partial charge >= 0.3 is 5.97 Å². The summed E-state index contributed by atoms with van der Waals surface area (Å²) in [6, 6.07) is 0. The Labute approximate surface area is 97.8 Å². The zero-order chi connectivity index (χ0) is 11.6. The van der Waals surface area contributed by atoms with Gasteiger partial charge in [-0.3, -0.25) is 4.79 Å². The molecule has 1 aliphatic carbocycles. The van der Waals surface area contributed by atoms with Crippen molar-refractivity contribution in [2.45, 2.75) is 38.5 Å². The van der Waals surface area contributed by atoms with E-state index in [2.05, 4.69) is 10.6 Å². The Morgan fingerprint density at radius 2 is 1.75 bits per heavy atom. The van der Waals surface area contributed by atoms with Crippen LogP contribution >= 0.6 is 0 Å². The van der Waals surface area contributed by atoms with Crippen molar-refractivity contribution in [3.05, 3.63) is 0 Å². The normalized spacial score (nSPS) is 17.5. The van der Waals surface area contributed by atoms with Crippen LogP contribution in [0.15, 0.2) is 0 Å². The standard InChI is InChI=1S/C12H24N2O2/c15-12(16)10-14-9-8-13-7-6-11-4-2-1-3-5-11/h11,13-14H,1-10H2,(H,15,16). The van der Waals surface area contributed by atoms with Crippen molar-refractivity contribution < 1.29 is 9.90 Å². The lowest BCUT2D eigenvalue weighted by molar-refractivity contribution is -0.135. The second-order valence-corrected chi connectivity index (χ2v) is 4.61. The van der Waals surface area contributed by atoms with Crippen LogP contribution in [0.1, 0.15) is 38.5 Å². The lowest BCUT2D eigenvalue weighted by atomic mass is 9.87. The molecule has 0 bridgehead atoms. The average Bonchev–Trinajstić information content (AvgIpc) is 2.29. The van der Waals surface area contributed by atoms with E-state index in [1.807, 2.05) is 0 Å². The third kappa shape index (κ3) is 6.80. The molecule has 1 saturated carbocycles. The van der Waals surface area contributed by atoms with Crippen LogP contribution in [-0.4, -0.2) is 37.3 Å². The smallest absolute Gasteiger partial charge is 0.317 e. The first kappa shape index (κ1) is 13.5. The van der Waals surface area contributed by atoms with Gasteiger partial charge in [0.15, 0.2) is 0 Å². The van der Waals surface area contributed by atoms with E-state index in [1.165, 1.54) is 38.5 Å². The van der Waals surface area contributed by atoms with Crippen LogP contribution in [0, 0.1) is 5.92 Å². The van der Waals surface area contributed by atoms with E-state index in [1.54, 1.807) is 0 Å². The quantitative estimate of drug-likeness (QED) is 0.547. The fourth-order valence-corrected chi connectivity index (χ4v) is 2.28. The van der Waals surface area contributed by atoms with Crippen molar-refractivity contribution in [2.24, 2.45) is 5.92 Å². The first-order chi connectivity index (χ1) is 7.79. The van der Waals surface area contributed by atoms with E-state index in [4.69, 9.17) is 5.11 Å². The van der Waals surface area contributed by atoms with Crippen LogP contribution in [0.2, 0.25) is 0 Å². The Morgan fingerprint density at radius 1 is 1.06 bits per heavy atom. The minimum atomic E-state index is -0.790. The van der Waals surface area contributed by atoms with Crippen molar-refractivity contribution in [1.82, 2.24) is 10.6 Å². The second-order valence-electron chi connectivity index (χ2n) is 4.61. The molecule has 94 valence electrons. The van der Waals surface area contributed by atoms with E-state index in [0.29, 0.717) is 0 Å². The number of hydrogen-bond donors (Lipinski definition) is 3. The molecule has 0 radical (unpaired) electrons. The molecule has 4 nitrogen and oxygen atoms in total. The summed E-state index contributed by atoms with van der Waals surface area (Å²) >= 11 is 0. The van der Waals surface area contributed by atoms with Gasteiger partial charge in [0.1, 0.15) is 0 Å². The Balaban J connectivity index is 1.82.